The third-order valence-electron chi connectivity index (χ3n) is 4.01. The first-order valence-corrected chi connectivity index (χ1v) is 7.85. The van der Waals surface area contributed by atoms with Gasteiger partial charge in [-0.25, -0.2) is 4.98 Å². The quantitative estimate of drug-likeness (QED) is 0.892. The molecule has 1 N–H and O–H groups in total. The van der Waals surface area contributed by atoms with Crippen molar-refractivity contribution < 1.29 is 5.11 Å². The van der Waals surface area contributed by atoms with E-state index in [9.17, 15) is 0 Å². The van der Waals surface area contributed by atoms with Gasteiger partial charge in [0.05, 0.1) is 10.7 Å². The highest BCUT2D eigenvalue weighted by atomic mass is 32.1. The van der Waals surface area contributed by atoms with Gasteiger partial charge in [0.1, 0.15) is 0 Å². The van der Waals surface area contributed by atoms with Gasteiger partial charge in [-0.05, 0) is 45.1 Å². The van der Waals surface area contributed by atoms with Gasteiger partial charge in [0.25, 0.3) is 0 Å². The van der Waals surface area contributed by atoms with E-state index < -0.39 is 0 Å². The molecule has 0 saturated heterocycles. The molecule has 0 unspecified atom stereocenters. The Balaban J connectivity index is 1.82. The highest BCUT2D eigenvalue weighted by Gasteiger charge is 2.23. The molecule has 0 amide bonds. The average molecular weight is 268 g/mol. The van der Waals surface area contributed by atoms with Crippen LogP contribution in [0.3, 0.4) is 0 Å². The van der Waals surface area contributed by atoms with Crippen molar-refractivity contribution in [3.63, 3.8) is 0 Å². The Morgan fingerprint density at radius 1 is 1.39 bits per heavy atom. The molecule has 0 spiro atoms. The van der Waals surface area contributed by atoms with E-state index in [4.69, 9.17) is 5.11 Å². The summed E-state index contributed by atoms with van der Waals surface area (Å²) in [5, 5.41) is 12.6. The van der Waals surface area contributed by atoms with Gasteiger partial charge >= 0.3 is 0 Å². The standard InChI is InChI=1S/C14H24N2OS/c1-3-14-15-12(10-18-14)8-16(2)13-6-4-11(9-17)5-7-13/h10-11,13,17H,3-9H2,1-2H3. The van der Waals surface area contributed by atoms with Crippen molar-refractivity contribution in [1.82, 2.24) is 9.88 Å². The topological polar surface area (TPSA) is 36.4 Å². The zero-order chi connectivity index (χ0) is 13.0. The number of nitrogens with zero attached hydrogens (tertiary/aromatic N) is 2. The second-order valence-electron chi connectivity index (χ2n) is 5.36. The van der Waals surface area contributed by atoms with Crippen LogP contribution in [0.15, 0.2) is 5.38 Å². The predicted molar refractivity (Wildman–Crippen MR) is 75.8 cm³/mol. The van der Waals surface area contributed by atoms with Crippen molar-refractivity contribution in [2.24, 2.45) is 5.92 Å². The van der Waals surface area contributed by atoms with E-state index >= 15 is 0 Å². The Morgan fingerprint density at radius 2 is 2.11 bits per heavy atom. The number of rotatable bonds is 5. The molecule has 0 radical (unpaired) electrons. The lowest BCUT2D eigenvalue weighted by Gasteiger charge is -2.33. The molecule has 0 bridgehead atoms. The maximum Gasteiger partial charge on any atom is 0.0926 e. The molecule has 1 aliphatic carbocycles. The van der Waals surface area contributed by atoms with E-state index in [0.29, 0.717) is 18.6 Å². The summed E-state index contributed by atoms with van der Waals surface area (Å²) in [5.41, 5.74) is 1.21. The molecule has 18 heavy (non-hydrogen) atoms. The summed E-state index contributed by atoms with van der Waals surface area (Å²) in [4.78, 5) is 7.06. The summed E-state index contributed by atoms with van der Waals surface area (Å²) in [6.45, 7) is 3.48. The van der Waals surface area contributed by atoms with Crippen LogP contribution in [0, 0.1) is 5.92 Å². The summed E-state index contributed by atoms with van der Waals surface area (Å²) in [5.74, 6) is 0.542. The lowest BCUT2D eigenvalue weighted by Crippen LogP contribution is -2.35. The monoisotopic (exact) mass is 268 g/mol. The predicted octanol–water partition coefficient (Wildman–Crippen LogP) is 2.69. The summed E-state index contributed by atoms with van der Waals surface area (Å²) in [7, 11) is 2.20. The first-order valence-electron chi connectivity index (χ1n) is 6.97. The normalized spacial score (nSPS) is 24.7. The maximum absolute atomic E-state index is 9.16. The molecule has 0 aliphatic heterocycles. The minimum atomic E-state index is 0.363. The van der Waals surface area contributed by atoms with Gasteiger partial charge in [0, 0.05) is 24.6 Å². The number of thiazole rings is 1. The molecule has 4 heteroatoms. The first kappa shape index (κ1) is 14.0. The zero-order valence-electron chi connectivity index (χ0n) is 11.4. The smallest absolute Gasteiger partial charge is 0.0926 e. The Morgan fingerprint density at radius 3 is 2.67 bits per heavy atom. The van der Waals surface area contributed by atoms with Gasteiger partial charge < -0.3 is 5.11 Å². The first-order chi connectivity index (χ1) is 8.72. The molecule has 102 valence electrons. The van der Waals surface area contributed by atoms with Gasteiger partial charge in [-0.3, -0.25) is 4.90 Å². The molecule has 1 aliphatic rings. The second-order valence-corrected chi connectivity index (χ2v) is 6.30. The summed E-state index contributed by atoms with van der Waals surface area (Å²) in [6, 6.07) is 0.666. The van der Waals surface area contributed by atoms with Gasteiger partial charge in [-0.1, -0.05) is 6.92 Å². The molecule has 1 aromatic rings. The average Bonchev–Trinajstić information content (AvgIpc) is 2.86. The van der Waals surface area contributed by atoms with Crippen molar-refractivity contribution in [2.75, 3.05) is 13.7 Å². The van der Waals surface area contributed by atoms with Crippen LogP contribution >= 0.6 is 11.3 Å². The van der Waals surface area contributed by atoms with Crippen LogP contribution in [0.1, 0.15) is 43.3 Å². The Bertz CT molecular complexity index is 358. The van der Waals surface area contributed by atoms with E-state index in [1.165, 1.54) is 36.4 Å². The fraction of sp³-hybridized carbons (Fsp3) is 0.786. The van der Waals surface area contributed by atoms with Crippen LogP contribution in [0.4, 0.5) is 0 Å². The molecule has 1 fully saturated rings. The molecular formula is C14H24N2OS. The van der Waals surface area contributed by atoms with Crippen LogP contribution in [-0.2, 0) is 13.0 Å². The van der Waals surface area contributed by atoms with E-state index in [1.807, 2.05) is 0 Å². The highest BCUT2D eigenvalue weighted by molar-refractivity contribution is 7.09. The molecule has 2 rings (SSSR count). The molecule has 1 aromatic heterocycles. The lowest BCUT2D eigenvalue weighted by atomic mass is 9.86. The van der Waals surface area contributed by atoms with Crippen LogP contribution in [-0.4, -0.2) is 34.7 Å². The second kappa shape index (κ2) is 6.64. The van der Waals surface area contributed by atoms with Crippen molar-refractivity contribution in [2.45, 2.75) is 51.6 Å². The fourth-order valence-corrected chi connectivity index (χ4v) is 3.47. The number of aryl methyl sites for hydroxylation is 1. The van der Waals surface area contributed by atoms with E-state index in [-0.39, 0.29) is 0 Å². The molecular weight excluding hydrogens is 244 g/mol. The summed E-state index contributed by atoms with van der Waals surface area (Å²) in [6.07, 6.45) is 5.81. The maximum atomic E-state index is 9.16. The van der Waals surface area contributed by atoms with Crippen LogP contribution in [0.2, 0.25) is 0 Å². The molecule has 0 aromatic carbocycles. The number of hydrogen-bond acceptors (Lipinski definition) is 4. The zero-order valence-corrected chi connectivity index (χ0v) is 12.2. The fourth-order valence-electron chi connectivity index (χ4n) is 2.74. The van der Waals surface area contributed by atoms with Gasteiger partial charge in [-0.2, -0.15) is 0 Å². The van der Waals surface area contributed by atoms with Gasteiger partial charge in [0.2, 0.25) is 0 Å². The number of hydrogen-bond donors (Lipinski definition) is 1. The molecule has 1 saturated carbocycles. The van der Waals surface area contributed by atoms with Crippen molar-refractivity contribution >= 4 is 11.3 Å². The number of aliphatic hydroxyl groups excluding tert-OH is 1. The van der Waals surface area contributed by atoms with E-state index in [1.54, 1.807) is 11.3 Å². The van der Waals surface area contributed by atoms with Crippen molar-refractivity contribution in [3.8, 4) is 0 Å². The molecule has 3 nitrogen and oxygen atoms in total. The largest absolute Gasteiger partial charge is 0.396 e. The van der Waals surface area contributed by atoms with E-state index in [2.05, 4.69) is 29.2 Å². The third kappa shape index (κ3) is 3.53. The molecule has 1 heterocycles. The van der Waals surface area contributed by atoms with Gasteiger partial charge in [-0.15, -0.1) is 11.3 Å². The number of aromatic nitrogens is 1. The minimum Gasteiger partial charge on any atom is -0.396 e. The minimum absolute atomic E-state index is 0.363. The van der Waals surface area contributed by atoms with Crippen LogP contribution < -0.4 is 0 Å². The van der Waals surface area contributed by atoms with Crippen LogP contribution in [0.25, 0.3) is 0 Å². The Hall–Kier alpha value is -0.450. The third-order valence-corrected chi connectivity index (χ3v) is 5.05. The van der Waals surface area contributed by atoms with Crippen molar-refractivity contribution in [3.05, 3.63) is 16.1 Å². The summed E-state index contributed by atoms with van der Waals surface area (Å²) < 4.78 is 0. The van der Waals surface area contributed by atoms with E-state index in [0.717, 1.165) is 13.0 Å². The van der Waals surface area contributed by atoms with Crippen LogP contribution in [0.5, 0.6) is 0 Å². The van der Waals surface area contributed by atoms with Crippen molar-refractivity contribution in [1.29, 1.82) is 0 Å². The number of aliphatic hydroxyl groups is 1. The SMILES string of the molecule is CCc1nc(CN(C)C2CCC(CO)CC2)cs1. The van der Waals surface area contributed by atoms with Gasteiger partial charge in [0.15, 0.2) is 0 Å². The lowest BCUT2D eigenvalue weighted by molar-refractivity contribution is 0.123. The molecule has 0 atom stereocenters. The Kier molecular flexibility index (Phi) is 5.15. The highest BCUT2D eigenvalue weighted by Crippen LogP contribution is 2.27. The summed E-state index contributed by atoms with van der Waals surface area (Å²) >= 11 is 1.77. The Labute approximate surface area is 114 Å².